The molecule has 0 spiro atoms. The number of aromatic nitrogens is 4. The van der Waals surface area contributed by atoms with Crippen molar-refractivity contribution in [3.8, 4) is 0 Å². The van der Waals surface area contributed by atoms with Crippen LogP contribution in [0.4, 0.5) is 0 Å². The summed E-state index contributed by atoms with van der Waals surface area (Å²) >= 11 is 1.88. The second-order valence-electron chi connectivity index (χ2n) is 6.58. The fraction of sp³-hybridized carbons (Fsp3) is 0.933. The molecule has 0 bridgehead atoms. The highest BCUT2D eigenvalue weighted by atomic mass is 32.2. The topological polar surface area (TPSA) is 69.6 Å². The fourth-order valence-corrected chi connectivity index (χ4v) is 5.29. The Bertz CT molecular complexity index is 443. The average molecular weight is 309 g/mol. The van der Waals surface area contributed by atoms with Crippen molar-refractivity contribution in [3.05, 3.63) is 0 Å². The van der Waals surface area contributed by atoms with Crippen LogP contribution in [0.25, 0.3) is 0 Å². The Labute approximate surface area is 131 Å². The molecular formula is C15H27N5S. The van der Waals surface area contributed by atoms with Crippen LogP contribution >= 0.6 is 11.8 Å². The van der Waals surface area contributed by atoms with Gasteiger partial charge >= 0.3 is 0 Å². The number of hydrogen-bond donors (Lipinski definition) is 1. The molecule has 2 N–H and O–H groups in total. The van der Waals surface area contributed by atoms with Gasteiger partial charge in [-0.1, -0.05) is 44.4 Å². The minimum Gasteiger partial charge on any atom is -0.330 e. The molecule has 3 unspecified atom stereocenters. The first-order valence-electron chi connectivity index (χ1n) is 8.46. The maximum atomic E-state index is 6.00. The van der Waals surface area contributed by atoms with Crippen LogP contribution in [0.5, 0.6) is 0 Å². The van der Waals surface area contributed by atoms with E-state index in [-0.39, 0.29) is 0 Å². The molecule has 0 saturated heterocycles. The van der Waals surface area contributed by atoms with Gasteiger partial charge < -0.3 is 5.73 Å². The zero-order chi connectivity index (χ0) is 14.7. The maximum Gasteiger partial charge on any atom is 0.209 e. The third kappa shape index (κ3) is 3.42. The van der Waals surface area contributed by atoms with E-state index in [2.05, 4.69) is 27.1 Å². The van der Waals surface area contributed by atoms with Crippen LogP contribution in [0.15, 0.2) is 5.16 Å². The molecule has 0 amide bonds. The van der Waals surface area contributed by atoms with Gasteiger partial charge in [-0.05, 0) is 54.5 Å². The molecule has 3 rings (SSSR count). The molecule has 1 heterocycles. The van der Waals surface area contributed by atoms with Crippen molar-refractivity contribution in [1.29, 1.82) is 0 Å². The number of rotatable bonds is 5. The molecule has 0 aromatic carbocycles. The summed E-state index contributed by atoms with van der Waals surface area (Å²) in [4.78, 5) is 0. The van der Waals surface area contributed by atoms with Crippen molar-refractivity contribution in [2.45, 2.75) is 74.7 Å². The van der Waals surface area contributed by atoms with Gasteiger partial charge in [-0.2, -0.15) is 0 Å². The van der Waals surface area contributed by atoms with Crippen LogP contribution in [0.3, 0.4) is 0 Å². The van der Waals surface area contributed by atoms with Gasteiger partial charge in [0.1, 0.15) is 0 Å². The number of nitrogens with two attached hydrogens (primary N) is 1. The Hall–Kier alpha value is -0.620. The number of tetrazole rings is 1. The summed E-state index contributed by atoms with van der Waals surface area (Å²) in [5.74, 6) is 1.47. The van der Waals surface area contributed by atoms with Crippen molar-refractivity contribution >= 4 is 11.8 Å². The van der Waals surface area contributed by atoms with Crippen LogP contribution < -0.4 is 5.73 Å². The van der Waals surface area contributed by atoms with E-state index >= 15 is 0 Å². The SMILES string of the molecule is CCC1CCC(CN)C(Sc2nnnn2C2CCCC2)C1. The quantitative estimate of drug-likeness (QED) is 0.905. The lowest BCUT2D eigenvalue weighted by Gasteiger charge is -2.34. The van der Waals surface area contributed by atoms with Crippen LogP contribution in [-0.4, -0.2) is 32.0 Å². The number of thioether (sulfide) groups is 1. The summed E-state index contributed by atoms with van der Waals surface area (Å²) in [6.45, 7) is 3.09. The normalized spacial score (nSPS) is 30.9. The van der Waals surface area contributed by atoms with Gasteiger partial charge in [-0.15, -0.1) is 5.10 Å². The molecule has 1 aromatic rings. The van der Waals surface area contributed by atoms with Gasteiger partial charge in [0.05, 0.1) is 6.04 Å². The minimum absolute atomic E-state index is 0.518. The molecule has 5 nitrogen and oxygen atoms in total. The van der Waals surface area contributed by atoms with Crippen molar-refractivity contribution in [2.24, 2.45) is 17.6 Å². The number of hydrogen-bond acceptors (Lipinski definition) is 5. The first kappa shape index (κ1) is 15.3. The standard InChI is InChI=1S/C15H27N5S/c1-2-11-7-8-12(10-16)14(9-11)21-15-17-18-19-20(15)13-5-3-4-6-13/h11-14H,2-10,16H2,1H3. The van der Waals surface area contributed by atoms with Crippen LogP contribution in [-0.2, 0) is 0 Å². The van der Waals surface area contributed by atoms with Crippen LogP contribution in [0.2, 0.25) is 0 Å². The van der Waals surface area contributed by atoms with E-state index in [1.165, 1.54) is 51.4 Å². The zero-order valence-corrected chi connectivity index (χ0v) is 13.8. The minimum atomic E-state index is 0.518. The van der Waals surface area contributed by atoms with Crippen LogP contribution in [0, 0.1) is 11.8 Å². The summed E-state index contributed by atoms with van der Waals surface area (Å²) in [6.07, 6.45) is 10.2. The Morgan fingerprint density at radius 1 is 1.24 bits per heavy atom. The Kier molecular flexibility index (Phi) is 5.16. The van der Waals surface area contributed by atoms with Crippen LogP contribution in [0.1, 0.15) is 64.3 Å². The van der Waals surface area contributed by atoms with Gasteiger partial charge in [0.25, 0.3) is 0 Å². The summed E-state index contributed by atoms with van der Waals surface area (Å²) in [5.41, 5.74) is 6.00. The van der Waals surface area contributed by atoms with Gasteiger partial charge in [0.2, 0.25) is 5.16 Å². The summed E-state index contributed by atoms with van der Waals surface area (Å²) in [6, 6.07) is 0.518. The lowest BCUT2D eigenvalue weighted by Crippen LogP contribution is -2.32. The molecule has 2 saturated carbocycles. The highest BCUT2D eigenvalue weighted by Gasteiger charge is 2.32. The third-order valence-electron chi connectivity index (χ3n) is 5.31. The van der Waals surface area contributed by atoms with Gasteiger partial charge in [0.15, 0.2) is 0 Å². The average Bonchev–Trinajstić information content (AvgIpc) is 3.17. The molecule has 3 atom stereocenters. The van der Waals surface area contributed by atoms with E-state index in [0.29, 0.717) is 17.2 Å². The van der Waals surface area contributed by atoms with E-state index in [4.69, 9.17) is 5.73 Å². The van der Waals surface area contributed by atoms with Crippen molar-refractivity contribution < 1.29 is 0 Å². The Morgan fingerprint density at radius 3 is 2.76 bits per heavy atom. The first-order valence-corrected chi connectivity index (χ1v) is 9.34. The summed E-state index contributed by atoms with van der Waals surface area (Å²) in [5, 5.41) is 14.1. The van der Waals surface area contributed by atoms with E-state index < -0.39 is 0 Å². The molecule has 118 valence electrons. The molecule has 0 radical (unpaired) electrons. The molecule has 21 heavy (non-hydrogen) atoms. The molecule has 2 aliphatic carbocycles. The van der Waals surface area contributed by atoms with Gasteiger partial charge in [-0.3, -0.25) is 0 Å². The van der Waals surface area contributed by atoms with Crippen molar-refractivity contribution in [3.63, 3.8) is 0 Å². The Morgan fingerprint density at radius 2 is 2.05 bits per heavy atom. The largest absolute Gasteiger partial charge is 0.330 e. The lowest BCUT2D eigenvalue weighted by atomic mass is 9.80. The summed E-state index contributed by atoms with van der Waals surface area (Å²) < 4.78 is 2.08. The number of nitrogens with zero attached hydrogens (tertiary/aromatic N) is 4. The van der Waals surface area contributed by atoms with E-state index in [0.717, 1.165) is 17.6 Å². The lowest BCUT2D eigenvalue weighted by molar-refractivity contribution is 0.283. The maximum absolute atomic E-state index is 6.00. The predicted molar refractivity (Wildman–Crippen MR) is 85.1 cm³/mol. The Balaban J connectivity index is 1.70. The summed E-state index contributed by atoms with van der Waals surface area (Å²) in [7, 11) is 0. The van der Waals surface area contributed by atoms with Gasteiger partial charge in [-0.25, -0.2) is 4.68 Å². The monoisotopic (exact) mass is 309 g/mol. The molecule has 6 heteroatoms. The predicted octanol–water partition coefficient (Wildman–Crippen LogP) is 3.03. The molecule has 2 aliphatic rings. The second-order valence-corrected chi connectivity index (χ2v) is 7.79. The smallest absolute Gasteiger partial charge is 0.209 e. The van der Waals surface area contributed by atoms with Gasteiger partial charge in [0, 0.05) is 5.25 Å². The molecule has 1 aromatic heterocycles. The van der Waals surface area contributed by atoms with Crippen molar-refractivity contribution in [2.75, 3.05) is 6.54 Å². The zero-order valence-electron chi connectivity index (χ0n) is 12.9. The van der Waals surface area contributed by atoms with E-state index in [1.807, 2.05) is 11.8 Å². The highest BCUT2D eigenvalue weighted by molar-refractivity contribution is 7.99. The molecule has 2 fully saturated rings. The third-order valence-corrected chi connectivity index (χ3v) is 6.67. The van der Waals surface area contributed by atoms with Crippen molar-refractivity contribution in [1.82, 2.24) is 20.2 Å². The molecular weight excluding hydrogens is 282 g/mol. The first-order chi connectivity index (χ1) is 10.3. The second kappa shape index (κ2) is 7.09. The molecule has 0 aliphatic heterocycles. The van der Waals surface area contributed by atoms with E-state index in [1.54, 1.807) is 0 Å². The van der Waals surface area contributed by atoms with E-state index in [9.17, 15) is 0 Å². The fourth-order valence-electron chi connectivity index (χ4n) is 3.84. The highest BCUT2D eigenvalue weighted by Crippen LogP contribution is 2.41.